The molecule has 2 amide bonds. The molecule has 0 aliphatic rings. The smallest absolute Gasteiger partial charge is 0.408 e. The van der Waals surface area contributed by atoms with Crippen LogP contribution in [-0.2, 0) is 21.6 Å². The standard InChI is InChI=1S/C30H28FN3O7/c1-18(24-6-4-5-7-25(24)31)41-29(38)32-16-21-17-40-34-26(21)19-8-10-20(11-9-19)27(35)33-30(2,28(36)37)22-12-14-23(39-3)15-13-22/h4-15,17-18H,16H2,1-3H3,(H,32,38)(H,33,35)(H,36,37). The van der Waals surface area contributed by atoms with Crippen LogP contribution in [-0.4, -0.2) is 35.3 Å². The van der Waals surface area contributed by atoms with Gasteiger partial charge in [0, 0.05) is 22.3 Å². The van der Waals surface area contributed by atoms with Gasteiger partial charge in [0.25, 0.3) is 5.91 Å². The Kier molecular flexibility index (Phi) is 8.66. The van der Waals surface area contributed by atoms with Crippen LogP contribution in [0.5, 0.6) is 5.75 Å². The molecule has 0 aliphatic heterocycles. The van der Waals surface area contributed by atoms with Crippen molar-refractivity contribution in [2.75, 3.05) is 7.11 Å². The molecule has 0 spiro atoms. The second kappa shape index (κ2) is 12.3. The molecule has 11 heteroatoms. The van der Waals surface area contributed by atoms with Crippen LogP contribution in [0.2, 0.25) is 0 Å². The van der Waals surface area contributed by atoms with E-state index in [1.807, 2.05) is 0 Å². The van der Waals surface area contributed by atoms with Crippen LogP contribution in [0.15, 0.2) is 83.6 Å². The summed E-state index contributed by atoms with van der Waals surface area (Å²) < 4.78 is 29.4. The van der Waals surface area contributed by atoms with E-state index in [0.717, 1.165) is 0 Å². The lowest BCUT2D eigenvalue weighted by atomic mass is 9.91. The number of aromatic nitrogens is 1. The van der Waals surface area contributed by atoms with Gasteiger partial charge in [-0.25, -0.2) is 14.0 Å². The molecular weight excluding hydrogens is 533 g/mol. The lowest BCUT2D eigenvalue weighted by Gasteiger charge is -2.27. The van der Waals surface area contributed by atoms with E-state index in [0.29, 0.717) is 28.1 Å². The number of amides is 2. The van der Waals surface area contributed by atoms with Crippen LogP contribution in [0.4, 0.5) is 9.18 Å². The van der Waals surface area contributed by atoms with E-state index in [4.69, 9.17) is 14.0 Å². The number of benzene rings is 3. The second-order valence-electron chi connectivity index (χ2n) is 9.30. The molecule has 2 unspecified atom stereocenters. The van der Waals surface area contributed by atoms with Gasteiger partial charge in [-0.05, 0) is 49.7 Å². The number of ether oxygens (including phenoxy) is 2. The monoisotopic (exact) mass is 561 g/mol. The SMILES string of the molecule is COc1ccc(C(C)(NC(=O)c2ccc(-c3nocc3CNC(=O)OC(C)c3ccccc3F)cc2)C(=O)O)cc1. The van der Waals surface area contributed by atoms with Gasteiger partial charge in [0.2, 0.25) is 0 Å². The number of alkyl carbamates (subject to hydrolysis) is 1. The van der Waals surface area contributed by atoms with Crippen molar-refractivity contribution in [3.63, 3.8) is 0 Å². The van der Waals surface area contributed by atoms with Gasteiger partial charge in [0.15, 0.2) is 5.54 Å². The zero-order valence-corrected chi connectivity index (χ0v) is 22.5. The van der Waals surface area contributed by atoms with E-state index in [1.165, 1.54) is 44.6 Å². The zero-order valence-electron chi connectivity index (χ0n) is 22.5. The summed E-state index contributed by atoms with van der Waals surface area (Å²) in [4.78, 5) is 37.4. The van der Waals surface area contributed by atoms with E-state index in [-0.39, 0.29) is 17.7 Å². The maximum absolute atomic E-state index is 14.0. The molecule has 3 N–H and O–H groups in total. The van der Waals surface area contributed by atoms with Crippen molar-refractivity contribution in [2.45, 2.75) is 32.0 Å². The fourth-order valence-corrected chi connectivity index (χ4v) is 4.11. The van der Waals surface area contributed by atoms with E-state index in [1.54, 1.807) is 55.5 Å². The van der Waals surface area contributed by atoms with Crippen LogP contribution in [0.3, 0.4) is 0 Å². The summed E-state index contributed by atoms with van der Waals surface area (Å²) in [6.45, 7) is 2.99. The largest absolute Gasteiger partial charge is 0.497 e. The first-order valence-corrected chi connectivity index (χ1v) is 12.6. The summed E-state index contributed by atoms with van der Waals surface area (Å²) in [6.07, 6.45) is -0.188. The molecule has 4 aromatic rings. The number of carbonyl (C=O) groups is 3. The maximum atomic E-state index is 14.0. The molecule has 1 heterocycles. The summed E-state index contributed by atoms with van der Waals surface area (Å²) in [5, 5.41) is 19.1. The Bertz CT molecular complexity index is 1540. The second-order valence-corrected chi connectivity index (χ2v) is 9.30. The van der Waals surface area contributed by atoms with Crippen molar-refractivity contribution in [1.82, 2.24) is 15.8 Å². The van der Waals surface area contributed by atoms with Gasteiger partial charge in [-0.15, -0.1) is 0 Å². The summed E-state index contributed by atoms with van der Waals surface area (Å²) in [7, 11) is 1.50. The normalized spacial score (nSPS) is 13.0. The third-order valence-corrected chi connectivity index (χ3v) is 6.57. The fraction of sp³-hybridized carbons (Fsp3) is 0.200. The van der Waals surface area contributed by atoms with Gasteiger partial charge >= 0.3 is 12.1 Å². The first-order chi connectivity index (χ1) is 19.6. The van der Waals surface area contributed by atoms with Crippen molar-refractivity contribution in [2.24, 2.45) is 0 Å². The van der Waals surface area contributed by atoms with Crippen molar-refractivity contribution in [3.05, 3.63) is 107 Å². The van der Waals surface area contributed by atoms with Crippen LogP contribution >= 0.6 is 0 Å². The predicted octanol–water partition coefficient (Wildman–Crippen LogP) is 5.21. The third-order valence-electron chi connectivity index (χ3n) is 6.57. The highest BCUT2D eigenvalue weighted by Crippen LogP contribution is 2.26. The van der Waals surface area contributed by atoms with Crippen molar-refractivity contribution in [3.8, 4) is 17.0 Å². The maximum Gasteiger partial charge on any atom is 0.408 e. The van der Waals surface area contributed by atoms with Crippen molar-refractivity contribution in [1.29, 1.82) is 0 Å². The Balaban J connectivity index is 1.41. The van der Waals surface area contributed by atoms with E-state index < -0.39 is 35.4 Å². The molecule has 0 bridgehead atoms. The average Bonchev–Trinajstić information content (AvgIpc) is 3.45. The molecule has 2 atom stereocenters. The number of rotatable bonds is 10. The molecule has 4 rings (SSSR count). The van der Waals surface area contributed by atoms with Crippen LogP contribution in [0.1, 0.15) is 47.0 Å². The van der Waals surface area contributed by atoms with Gasteiger partial charge in [-0.3, -0.25) is 4.79 Å². The number of nitrogens with zero attached hydrogens (tertiary/aromatic N) is 1. The number of halogens is 1. The molecule has 212 valence electrons. The lowest BCUT2D eigenvalue weighted by Crippen LogP contribution is -2.49. The zero-order chi connectivity index (χ0) is 29.6. The highest BCUT2D eigenvalue weighted by atomic mass is 19.1. The summed E-state index contributed by atoms with van der Waals surface area (Å²) in [5.74, 6) is -1.74. The van der Waals surface area contributed by atoms with Gasteiger partial charge in [0.1, 0.15) is 29.6 Å². The molecular formula is C30H28FN3O7. The minimum absolute atomic E-state index is 0.0166. The van der Waals surface area contributed by atoms with Crippen molar-refractivity contribution < 1.29 is 37.9 Å². The van der Waals surface area contributed by atoms with Gasteiger partial charge in [0.05, 0.1) is 13.7 Å². The molecule has 0 radical (unpaired) electrons. The highest BCUT2D eigenvalue weighted by Gasteiger charge is 2.37. The molecule has 0 aliphatic carbocycles. The molecule has 0 saturated heterocycles. The topological polar surface area (TPSA) is 140 Å². The Morgan fingerprint density at radius 1 is 1.05 bits per heavy atom. The molecule has 0 fully saturated rings. The van der Waals surface area contributed by atoms with Gasteiger partial charge in [-0.2, -0.15) is 0 Å². The fourth-order valence-electron chi connectivity index (χ4n) is 4.11. The summed E-state index contributed by atoms with van der Waals surface area (Å²) in [5.41, 5.74) is 0.719. The predicted molar refractivity (Wildman–Crippen MR) is 146 cm³/mol. The number of carboxylic acid groups (broad SMARTS) is 1. The van der Waals surface area contributed by atoms with E-state index in [2.05, 4.69) is 15.8 Å². The van der Waals surface area contributed by atoms with E-state index in [9.17, 15) is 23.9 Å². The van der Waals surface area contributed by atoms with Gasteiger partial charge in [-0.1, -0.05) is 47.6 Å². The van der Waals surface area contributed by atoms with Gasteiger partial charge < -0.3 is 29.7 Å². The number of hydrogen-bond acceptors (Lipinski definition) is 7. The Labute approximate surface area is 235 Å². The summed E-state index contributed by atoms with van der Waals surface area (Å²) in [6, 6.07) is 18.7. The Hall–Kier alpha value is -5.19. The van der Waals surface area contributed by atoms with Crippen molar-refractivity contribution >= 4 is 18.0 Å². The molecule has 3 aromatic carbocycles. The molecule has 10 nitrogen and oxygen atoms in total. The Morgan fingerprint density at radius 3 is 2.37 bits per heavy atom. The first kappa shape index (κ1) is 28.8. The number of carboxylic acids is 1. The number of nitrogens with one attached hydrogen (secondary N) is 2. The molecule has 41 heavy (non-hydrogen) atoms. The number of carbonyl (C=O) groups excluding carboxylic acids is 2. The molecule has 1 aromatic heterocycles. The third kappa shape index (κ3) is 6.52. The highest BCUT2D eigenvalue weighted by molar-refractivity contribution is 5.98. The lowest BCUT2D eigenvalue weighted by molar-refractivity contribution is -0.144. The molecule has 0 saturated carbocycles. The minimum Gasteiger partial charge on any atom is -0.497 e. The van der Waals surface area contributed by atoms with Crippen LogP contribution < -0.4 is 15.4 Å². The average molecular weight is 562 g/mol. The van der Waals surface area contributed by atoms with Crippen LogP contribution in [0.25, 0.3) is 11.3 Å². The van der Waals surface area contributed by atoms with E-state index >= 15 is 0 Å². The summed E-state index contributed by atoms with van der Waals surface area (Å²) >= 11 is 0. The first-order valence-electron chi connectivity index (χ1n) is 12.6. The van der Waals surface area contributed by atoms with Crippen LogP contribution in [0, 0.1) is 5.82 Å². The minimum atomic E-state index is -1.69. The number of methoxy groups -OCH3 is 1. The number of hydrogen-bond donors (Lipinski definition) is 3. The Morgan fingerprint density at radius 2 is 1.73 bits per heavy atom. The number of aliphatic carboxylic acids is 1. The quantitative estimate of drug-likeness (QED) is 0.240.